The maximum absolute atomic E-state index is 12.4. The number of phenols is 2. The second-order valence-corrected chi connectivity index (χ2v) is 6.43. The first-order valence-electron chi connectivity index (χ1n) is 5.66. The third kappa shape index (κ3) is 2.56. The van der Waals surface area contributed by atoms with Crippen molar-refractivity contribution in [1.29, 1.82) is 0 Å². The van der Waals surface area contributed by atoms with E-state index in [1.54, 1.807) is 12.1 Å². The van der Waals surface area contributed by atoms with Gasteiger partial charge in [0.15, 0.2) is 11.5 Å². The maximum Gasteiger partial charge on any atom is 0.206 e. The van der Waals surface area contributed by atoms with E-state index in [0.29, 0.717) is 0 Å². The molecule has 2 N–H and O–H groups in total. The Bertz CT molecular complexity index is 713. The van der Waals surface area contributed by atoms with E-state index in [1.807, 2.05) is 19.9 Å². The molecule has 2 rings (SSSR count). The molecule has 0 aliphatic rings. The zero-order valence-corrected chi connectivity index (χ0v) is 11.4. The fourth-order valence-electron chi connectivity index (χ4n) is 1.89. The van der Waals surface area contributed by atoms with Crippen LogP contribution in [-0.4, -0.2) is 18.6 Å². The van der Waals surface area contributed by atoms with Crippen molar-refractivity contribution in [2.45, 2.75) is 23.6 Å². The van der Waals surface area contributed by atoms with Crippen molar-refractivity contribution < 1.29 is 18.6 Å². The molecular weight excluding hydrogens is 264 g/mol. The first kappa shape index (κ1) is 13.4. The average molecular weight is 278 g/mol. The SMILES string of the molecule is Cc1cc(C)cc(S(=O)(=O)c2ccc(O)c(O)c2)c1. The van der Waals surface area contributed by atoms with Gasteiger partial charge in [0.2, 0.25) is 9.84 Å². The molecule has 0 amide bonds. The molecule has 0 heterocycles. The van der Waals surface area contributed by atoms with Crippen LogP contribution >= 0.6 is 0 Å². The molecule has 2 aromatic carbocycles. The lowest BCUT2D eigenvalue weighted by molar-refractivity contribution is 0.402. The van der Waals surface area contributed by atoms with Gasteiger partial charge in [0.25, 0.3) is 0 Å². The summed E-state index contributed by atoms with van der Waals surface area (Å²) >= 11 is 0. The predicted molar refractivity (Wildman–Crippen MR) is 71.1 cm³/mol. The minimum atomic E-state index is -3.69. The summed E-state index contributed by atoms with van der Waals surface area (Å²) in [4.78, 5) is 0.128. The molecule has 0 saturated carbocycles. The summed E-state index contributed by atoms with van der Waals surface area (Å²) in [6.45, 7) is 3.64. The number of aromatic hydroxyl groups is 2. The van der Waals surface area contributed by atoms with Gasteiger partial charge in [-0.05, 0) is 49.2 Å². The number of benzene rings is 2. The summed E-state index contributed by atoms with van der Waals surface area (Å²) in [6, 6.07) is 8.50. The van der Waals surface area contributed by atoms with Gasteiger partial charge in [0.1, 0.15) is 0 Å². The number of rotatable bonds is 2. The van der Waals surface area contributed by atoms with Gasteiger partial charge in [0.05, 0.1) is 9.79 Å². The van der Waals surface area contributed by atoms with E-state index in [4.69, 9.17) is 0 Å². The number of hydrogen-bond acceptors (Lipinski definition) is 4. The molecule has 0 aliphatic carbocycles. The molecule has 0 aliphatic heterocycles. The summed E-state index contributed by atoms with van der Waals surface area (Å²) in [5.41, 5.74) is 1.70. The molecule has 100 valence electrons. The molecule has 0 saturated heterocycles. The van der Waals surface area contributed by atoms with E-state index in [9.17, 15) is 18.6 Å². The smallest absolute Gasteiger partial charge is 0.206 e. The van der Waals surface area contributed by atoms with Crippen molar-refractivity contribution >= 4 is 9.84 Å². The molecule has 0 atom stereocenters. The highest BCUT2D eigenvalue weighted by atomic mass is 32.2. The zero-order valence-electron chi connectivity index (χ0n) is 10.6. The van der Waals surface area contributed by atoms with Crippen molar-refractivity contribution in [2.75, 3.05) is 0 Å². The van der Waals surface area contributed by atoms with Gasteiger partial charge in [-0.3, -0.25) is 0 Å². The van der Waals surface area contributed by atoms with Crippen LogP contribution < -0.4 is 0 Å². The van der Waals surface area contributed by atoms with Crippen LogP contribution in [0.5, 0.6) is 11.5 Å². The third-order valence-corrected chi connectivity index (χ3v) is 4.49. The summed E-state index contributed by atoms with van der Waals surface area (Å²) in [5.74, 6) is -0.801. The first-order chi connectivity index (χ1) is 8.80. The fraction of sp³-hybridized carbons (Fsp3) is 0.143. The van der Waals surface area contributed by atoms with E-state index in [0.717, 1.165) is 23.3 Å². The van der Waals surface area contributed by atoms with Gasteiger partial charge in [-0.25, -0.2) is 8.42 Å². The molecule has 0 bridgehead atoms. The molecule has 19 heavy (non-hydrogen) atoms. The van der Waals surface area contributed by atoms with Crippen molar-refractivity contribution in [3.05, 3.63) is 47.5 Å². The van der Waals surface area contributed by atoms with Gasteiger partial charge in [-0.1, -0.05) is 6.07 Å². The van der Waals surface area contributed by atoms with E-state index in [1.165, 1.54) is 6.07 Å². The topological polar surface area (TPSA) is 74.6 Å². The standard InChI is InChI=1S/C14H14O4S/c1-9-5-10(2)7-12(6-9)19(17,18)11-3-4-13(15)14(16)8-11/h3-8,15-16H,1-2H3. The highest BCUT2D eigenvalue weighted by Crippen LogP contribution is 2.30. The van der Waals surface area contributed by atoms with Crippen molar-refractivity contribution in [3.8, 4) is 11.5 Å². The number of aryl methyl sites for hydroxylation is 2. The molecule has 0 radical (unpaired) electrons. The van der Waals surface area contributed by atoms with Crippen molar-refractivity contribution in [1.82, 2.24) is 0 Å². The largest absolute Gasteiger partial charge is 0.504 e. The van der Waals surface area contributed by atoms with Gasteiger partial charge in [-0.2, -0.15) is 0 Å². The second-order valence-electron chi connectivity index (χ2n) is 4.48. The Labute approximate surface area is 111 Å². The highest BCUT2D eigenvalue weighted by molar-refractivity contribution is 7.91. The Hall–Kier alpha value is -2.01. The Morgan fingerprint density at radius 3 is 1.89 bits per heavy atom. The molecule has 0 aromatic heterocycles. The Morgan fingerprint density at radius 2 is 1.37 bits per heavy atom. The monoisotopic (exact) mass is 278 g/mol. The maximum atomic E-state index is 12.4. The Morgan fingerprint density at radius 1 is 0.789 bits per heavy atom. The first-order valence-corrected chi connectivity index (χ1v) is 7.14. The van der Waals surface area contributed by atoms with Crippen LogP contribution in [0.3, 0.4) is 0 Å². The van der Waals surface area contributed by atoms with Crippen molar-refractivity contribution in [2.24, 2.45) is 0 Å². The van der Waals surface area contributed by atoms with Gasteiger partial charge < -0.3 is 10.2 Å². The van der Waals surface area contributed by atoms with Crippen LogP contribution in [0.2, 0.25) is 0 Å². The minimum Gasteiger partial charge on any atom is -0.504 e. The fourth-order valence-corrected chi connectivity index (χ4v) is 3.36. The molecule has 0 fully saturated rings. The molecule has 5 heteroatoms. The van der Waals surface area contributed by atoms with Gasteiger partial charge in [0, 0.05) is 6.07 Å². The van der Waals surface area contributed by atoms with E-state index < -0.39 is 15.6 Å². The van der Waals surface area contributed by atoms with Crippen LogP contribution in [0.4, 0.5) is 0 Å². The van der Waals surface area contributed by atoms with Gasteiger partial charge >= 0.3 is 0 Å². The normalized spacial score (nSPS) is 11.5. The van der Waals surface area contributed by atoms with Crippen LogP contribution in [0.1, 0.15) is 11.1 Å². The van der Waals surface area contributed by atoms with Crippen LogP contribution in [-0.2, 0) is 9.84 Å². The molecular formula is C14H14O4S. The second kappa shape index (κ2) is 4.59. The summed E-state index contributed by atoms with van der Waals surface area (Å²) < 4.78 is 24.8. The van der Waals surface area contributed by atoms with Crippen LogP contribution in [0.15, 0.2) is 46.2 Å². The number of hydrogen-bond donors (Lipinski definition) is 2. The summed E-state index contributed by atoms with van der Waals surface area (Å²) in [7, 11) is -3.69. The van der Waals surface area contributed by atoms with E-state index in [-0.39, 0.29) is 15.5 Å². The van der Waals surface area contributed by atoms with Crippen LogP contribution in [0, 0.1) is 13.8 Å². The molecule has 0 unspecified atom stereocenters. The highest BCUT2D eigenvalue weighted by Gasteiger charge is 2.19. The minimum absolute atomic E-state index is 0.0483. The lowest BCUT2D eigenvalue weighted by Gasteiger charge is -2.08. The quantitative estimate of drug-likeness (QED) is 0.828. The Balaban J connectivity index is 2.61. The number of sulfone groups is 1. The van der Waals surface area contributed by atoms with E-state index >= 15 is 0 Å². The summed E-state index contributed by atoms with van der Waals surface area (Å²) in [6.07, 6.45) is 0. The summed E-state index contributed by atoms with van der Waals surface area (Å²) in [5, 5.41) is 18.6. The predicted octanol–water partition coefficient (Wildman–Crippen LogP) is 2.55. The van der Waals surface area contributed by atoms with E-state index in [2.05, 4.69) is 0 Å². The van der Waals surface area contributed by atoms with Gasteiger partial charge in [-0.15, -0.1) is 0 Å². The Kier molecular flexibility index (Phi) is 3.24. The van der Waals surface area contributed by atoms with Crippen molar-refractivity contribution in [3.63, 3.8) is 0 Å². The third-order valence-electron chi connectivity index (χ3n) is 2.76. The number of phenolic OH excluding ortho intramolecular Hbond substituents is 2. The zero-order chi connectivity index (χ0) is 14.2. The average Bonchev–Trinajstić information content (AvgIpc) is 2.31. The lowest BCUT2D eigenvalue weighted by atomic mass is 10.2. The molecule has 0 spiro atoms. The van der Waals surface area contributed by atoms with Crippen LogP contribution in [0.25, 0.3) is 0 Å². The molecule has 4 nitrogen and oxygen atoms in total. The molecule has 2 aromatic rings. The lowest BCUT2D eigenvalue weighted by Crippen LogP contribution is -2.02.